The summed E-state index contributed by atoms with van der Waals surface area (Å²) >= 11 is 0. The number of hydrogen-bond donors (Lipinski definition) is 1. The van der Waals surface area contributed by atoms with Gasteiger partial charge in [0.25, 0.3) is 0 Å². The van der Waals surface area contributed by atoms with Crippen molar-refractivity contribution < 1.29 is 21.7 Å². The third-order valence-electron chi connectivity index (χ3n) is 5.46. The van der Waals surface area contributed by atoms with Gasteiger partial charge in [0.05, 0.1) is 5.69 Å². The van der Waals surface area contributed by atoms with E-state index in [-0.39, 0.29) is 18.1 Å². The Morgan fingerprint density at radius 2 is 1.97 bits per heavy atom. The summed E-state index contributed by atoms with van der Waals surface area (Å²) in [7, 11) is -3.93. The number of rotatable bonds is 8. The van der Waals surface area contributed by atoms with E-state index in [0.717, 1.165) is 31.1 Å². The molecular formula is C22H23F2N3O3S. The van der Waals surface area contributed by atoms with Gasteiger partial charge in [0, 0.05) is 30.4 Å². The molecular weight excluding hydrogens is 424 g/mol. The number of benzene rings is 2. The van der Waals surface area contributed by atoms with Crippen molar-refractivity contribution in [2.75, 3.05) is 18.4 Å². The molecule has 1 aliphatic heterocycles. The lowest BCUT2D eigenvalue weighted by Crippen LogP contribution is -2.36. The predicted molar refractivity (Wildman–Crippen MR) is 112 cm³/mol. The number of aromatic nitrogens is 1. The minimum absolute atomic E-state index is 0.168. The molecule has 2 heterocycles. The van der Waals surface area contributed by atoms with Gasteiger partial charge in [-0.3, -0.25) is 4.90 Å². The van der Waals surface area contributed by atoms with Crippen molar-refractivity contribution in [1.29, 1.82) is 0 Å². The molecule has 0 radical (unpaired) electrons. The number of anilines is 1. The van der Waals surface area contributed by atoms with E-state index in [1.807, 2.05) is 6.07 Å². The molecule has 6 nitrogen and oxygen atoms in total. The molecule has 3 aromatic rings. The van der Waals surface area contributed by atoms with Crippen LogP contribution >= 0.6 is 0 Å². The Morgan fingerprint density at radius 3 is 2.65 bits per heavy atom. The molecule has 1 N–H and O–H groups in total. The van der Waals surface area contributed by atoms with Crippen LogP contribution in [0.1, 0.15) is 28.8 Å². The second kappa shape index (κ2) is 8.76. The van der Waals surface area contributed by atoms with Crippen molar-refractivity contribution in [3.63, 3.8) is 0 Å². The number of sulfone groups is 1. The van der Waals surface area contributed by atoms with Gasteiger partial charge >= 0.3 is 0 Å². The third-order valence-corrected chi connectivity index (χ3v) is 7.12. The standard InChI is InChI=1S/C22H23F2N3O3S/c1-15-10-22(31(28,29)14-17-6-9-30-26-17)20(24)11-21(15)25-12-18-16(4-2-5-19(18)23)13-27-7-3-8-27/h2,4-6,9-11,25H,3,7-8,12-14H2,1H3. The molecule has 164 valence electrons. The van der Waals surface area contributed by atoms with Gasteiger partial charge < -0.3 is 9.84 Å². The van der Waals surface area contributed by atoms with Gasteiger partial charge in [-0.1, -0.05) is 17.3 Å². The molecule has 1 fully saturated rings. The van der Waals surface area contributed by atoms with E-state index in [9.17, 15) is 17.2 Å². The molecule has 31 heavy (non-hydrogen) atoms. The molecule has 0 spiro atoms. The largest absolute Gasteiger partial charge is 0.381 e. The Labute approximate surface area is 179 Å². The molecule has 0 aliphatic carbocycles. The maximum atomic E-state index is 14.7. The molecule has 0 bridgehead atoms. The lowest BCUT2D eigenvalue weighted by atomic mass is 10.0. The van der Waals surface area contributed by atoms with E-state index in [2.05, 4.69) is 19.9 Å². The number of hydrogen-bond acceptors (Lipinski definition) is 6. The molecule has 9 heteroatoms. The average Bonchev–Trinajstić information content (AvgIpc) is 3.18. The SMILES string of the molecule is Cc1cc(S(=O)(=O)Cc2ccon2)c(F)cc1NCc1c(F)cccc1CN1CCC1. The van der Waals surface area contributed by atoms with Gasteiger partial charge in [-0.05, 0) is 55.8 Å². The van der Waals surface area contributed by atoms with Gasteiger partial charge in [-0.2, -0.15) is 0 Å². The zero-order chi connectivity index (χ0) is 22.0. The van der Waals surface area contributed by atoms with Gasteiger partial charge in [-0.15, -0.1) is 0 Å². The van der Waals surface area contributed by atoms with Crippen molar-refractivity contribution in [1.82, 2.24) is 10.1 Å². The molecule has 0 unspecified atom stereocenters. The monoisotopic (exact) mass is 447 g/mol. The zero-order valence-electron chi connectivity index (χ0n) is 17.1. The van der Waals surface area contributed by atoms with Crippen LogP contribution in [-0.2, 0) is 28.7 Å². The van der Waals surface area contributed by atoms with E-state index >= 15 is 0 Å². The van der Waals surface area contributed by atoms with Crippen LogP contribution < -0.4 is 5.32 Å². The summed E-state index contributed by atoms with van der Waals surface area (Å²) in [6.45, 7) is 4.51. The van der Waals surface area contributed by atoms with Crippen molar-refractivity contribution in [2.24, 2.45) is 0 Å². The minimum Gasteiger partial charge on any atom is -0.381 e. The fourth-order valence-electron chi connectivity index (χ4n) is 3.58. The Bertz CT molecular complexity index is 1180. The van der Waals surface area contributed by atoms with Crippen LogP contribution in [0.25, 0.3) is 0 Å². The zero-order valence-corrected chi connectivity index (χ0v) is 17.9. The lowest BCUT2D eigenvalue weighted by Gasteiger charge is -2.31. The number of aryl methyl sites for hydroxylation is 1. The van der Waals surface area contributed by atoms with E-state index in [4.69, 9.17) is 0 Å². The van der Waals surface area contributed by atoms with E-state index in [1.165, 1.54) is 24.5 Å². The Hall–Kier alpha value is -2.78. The van der Waals surface area contributed by atoms with E-state index in [1.54, 1.807) is 13.0 Å². The highest BCUT2D eigenvalue weighted by molar-refractivity contribution is 7.90. The quantitative estimate of drug-likeness (QED) is 0.562. The fourth-order valence-corrected chi connectivity index (χ4v) is 4.99. The fraction of sp³-hybridized carbons (Fsp3) is 0.318. The first kappa shape index (κ1) is 21.5. The first-order valence-electron chi connectivity index (χ1n) is 9.98. The summed E-state index contributed by atoms with van der Waals surface area (Å²) in [5, 5.41) is 6.64. The smallest absolute Gasteiger partial charge is 0.187 e. The van der Waals surface area contributed by atoms with Crippen molar-refractivity contribution in [3.05, 3.63) is 76.7 Å². The third kappa shape index (κ3) is 4.77. The minimum atomic E-state index is -3.93. The summed E-state index contributed by atoms with van der Waals surface area (Å²) in [5.74, 6) is -1.65. The average molecular weight is 448 g/mol. The summed E-state index contributed by atoms with van der Waals surface area (Å²) in [6.07, 6.45) is 2.41. The van der Waals surface area contributed by atoms with Crippen LogP contribution in [0, 0.1) is 18.6 Å². The molecule has 1 aliphatic rings. The maximum absolute atomic E-state index is 14.7. The summed E-state index contributed by atoms with van der Waals surface area (Å²) in [5.41, 5.74) is 2.57. The molecule has 1 saturated heterocycles. The molecule has 2 aromatic carbocycles. The first-order chi connectivity index (χ1) is 14.8. The van der Waals surface area contributed by atoms with Crippen LogP contribution in [0.5, 0.6) is 0 Å². The Kier molecular flexibility index (Phi) is 6.06. The molecule has 0 amide bonds. The van der Waals surface area contributed by atoms with Crippen molar-refractivity contribution >= 4 is 15.5 Å². The molecule has 1 aromatic heterocycles. The van der Waals surface area contributed by atoms with Crippen LogP contribution in [0.4, 0.5) is 14.5 Å². The van der Waals surface area contributed by atoms with Gasteiger partial charge in [0.1, 0.15) is 28.5 Å². The number of nitrogens with one attached hydrogen (secondary N) is 1. The summed E-state index contributed by atoms with van der Waals surface area (Å²) < 4.78 is 59.0. The normalized spacial score (nSPS) is 14.4. The Balaban J connectivity index is 1.53. The van der Waals surface area contributed by atoms with Crippen LogP contribution in [0.2, 0.25) is 0 Å². The first-order valence-corrected chi connectivity index (χ1v) is 11.6. The van der Waals surface area contributed by atoms with E-state index in [0.29, 0.717) is 23.4 Å². The highest BCUT2D eigenvalue weighted by Crippen LogP contribution is 2.27. The van der Waals surface area contributed by atoms with Gasteiger partial charge in [-0.25, -0.2) is 17.2 Å². The van der Waals surface area contributed by atoms with Gasteiger partial charge in [0.2, 0.25) is 0 Å². The number of likely N-dealkylation sites (tertiary alicyclic amines) is 1. The topological polar surface area (TPSA) is 75.4 Å². The number of nitrogens with zero attached hydrogens (tertiary/aromatic N) is 2. The van der Waals surface area contributed by atoms with Crippen LogP contribution in [-0.4, -0.2) is 31.6 Å². The summed E-state index contributed by atoms with van der Waals surface area (Å²) in [4.78, 5) is 1.83. The second-order valence-electron chi connectivity index (χ2n) is 7.71. The van der Waals surface area contributed by atoms with Crippen LogP contribution in [0.15, 0.2) is 52.1 Å². The van der Waals surface area contributed by atoms with Crippen molar-refractivity contribution in [3.8, 4) is 0 Å². The molecule has 4 rings (SSSR count). The summed E-state index contributed by atoms with van der Waals surface area (Å²) in [6, 6.07) is 8.84. The molecule has 0 saturated carbocycles. The molecule has 0 atom stereocenters. The highest BCUT2D eigenvalue weighted by Gasteiger charge is 2.23. The van der Waals surface area contributed by atoms with Crippen molar-refractivity contribution in [2.45, 2.75) is 37.1 Å². The number of halogens is 2. The lowest BCUT2D eigenvalue weighted by molar-refractivity contribution is 0.172. The maximum Gasteiger partial charge on any atom is 0.187 e. The second-order valence-corrected chi connectivity index (χ2v) is 9.67. The Morgan fingerprint density at radius 1 is 1.16 bits per heavy atom. The van der Waals surface area contributed by atoms with Crippen LogP contribution in [0.3, 0.4) is 0 Å². The highest BCUT2D eigenvalue weighted by atomic mass is 32.2. The van der Waals surface area contributed by atoms with E-state index < -0.39 is 26.3 Å². The predicted octanol–water partition coefficient (Wildman–Crippen LogP) is 4.05. The van der Waals surface area contributed by atoms with Gasteiger partial charge in [0.15, 0.2) is 9.84 Å².